The van der Waals surface area contributed by atoms with Gasteiger partial charge < -0.3 is 9.32 Å². The van der Waals surface area contributed by atoms with E-state index in [0.717, 1.165) is 44.2 Å². The van der Waals surface area contributed by atoms with Crippen LogP contribution < -0.4 is 4.90 Å². The van der Waals surface area contributed by atoms with Gasteiger partial charge in [0.05, 0.1) is 16.8 Å². The number of hydrogen-bond donors (Lipinski definition) is 0. The van der Waals surface area contributed by atoms with Crippen LogP contribution >= 0.6 is 0 Å². The zero-order chi connectivity index (χ0) is 30.5. The van der Waals surface area contributed by atoms with Crippen molar-refractivity contribution in [1.82, 2.24) is 4.98 Å². The fourth-order valence-electron chi connectivity index (χ4n) is 6.79. The Morgan fingerprint density at radius 2 is 1.09 bits per heavy atom. The molecule has 9 aromatic rings. The summed E-state index contributed by atoms with van der Waals surface area (Å²) in [6, 6.07) is 58.0. The molecular weight excluding hydrogens is 560 g/mol. The third-order valence-electron chi connectivity index (χ3n) is 8.94. The van der Waals surface area contributed by atoms with E-state index < -0.39 is 0 Å². The Morgan fingerprint density at radius 1 is 0.435 bits per heavy atom. The number of furan rings is 1. The summed E-state index contributed by atoms with van der Waals surface area (Å²) in [6.07, 6.45) is 1.86. The molecule has 0 fully saturated rings. The van der Waals surface area contributed by atoms with Gasteiger partial charge in [0, 0.05) is 28.0 Å². The van der Waals surface area contributed by atoms with E-state index in [0.29, 0.717) is 5.71 Å². The van der Waals surface area contributed by atoms with Crippen molar-refractivity contribution in [3.63, 3.8) is 0 Å². The Bertz CT molecular complexity index is 2520. The van der Waals surface area contributed by atoms with E-state index in [1.807, 2.05) is 6.20 Å². The van der Waals surface area contributed by atoms with Gasteiger partial charge in [0.1, 0.15) is 5.58 Å². The molecule has 2 heterocycles. The third-order valence-corrected chi connectivity index (χ3v) is 8.94. The number of pyridine rings is 1. The second kappa shape index (κ2) is 10.8. The minimum Gasteiger partial charge on any atom is -0.437 e. The van der Waals surface area contributed by atoms with E-state index in [4.69, 9.17) is 9.40 Å². The number of fused-ring (bicyclic) bond motifs is 6. The highest BCUT2D eigenvalue weighted by molar-refractivity contribution is 6.19. The Morgan fingerprint density at radius 3 is 1.87 bits per heavy atom. The molecule has 0 saturated carbocycles. The van der Waals surface area contributed by atoms with Crippen LogP contribution in [-0.2, 0) is 0 Å². The van der Waals surface area contributed by atoms with E-state index in [-0.39, 0.29) is 0 Å². The number of hydrogen-bond acceptors (Lipinski definition) is 3. The lowest BCUT2D eigenvalue weighted by molar-refractivity contribution is 0.657. The second-order valence-corrected chi connectivity index (χ2v) is 11.6. The highest BCUT2D eigenvalue weighted by atomic mass is 16.3. The van der Waals surface area contributed by atoms with Crippen LogP contribution in [0.15, 0.2) is 174 Å². The standard InChI is InChI=1S/C43H28N2O/c1-3-11-29(12-4-1)30-19-22-33(23-20-30)45(39-26-25-34(31-13-5-2-6-14-31)36-17-9-10-18-37(36)39)40-27-28-44-43-41(40)38-24-21-32-15-7-8-16-35(32)42(38)46-43/h1-28H. The average Bonchev–Trinajstić information content (AvgIpc) is 3.53. The maximum Gasteiger partial charge on any atom is 0.229 e. The van der Waals surface area contributed by atoms with Gasteiger partial charge in [0.2, 0.25) is 5.71 Å². The topological polar surface area (TPSA) is 29.3 Å². The van der Waals surface area contributed by atoms with E-state index >= 15 is 0 Å². The van der Waals surface area contributed by atoms with E-state index in [9.17, 15) is 0 Å². The van der Waals surface area contributed by atoms with Crippen LogP contribution in [0.25, 0.3) is 65.9 Å². The van der Waals surface area contributed by atoms with Gasteiger partial charge in [0.25, 0.3) is 0 Å². The minimum atomic E-state index is 0.625. The number of nitrogens with zero attached hydrogens (tertiary/aromatic N) is 2. The Labute approximate surface area is 266 Å². The van der Waals surface area contributed by atoms with Crippen LogP contribution in [0.4, 0.5) is 17.1 Å². The lowest BCUT2D eigenvalue weighted by atomic mass is 9.96. The third kappa shape index (κ3) is 4.25. The lowest BCUT2D eigenvalue weighted by Gasteiger charge is -2.28. The first kappa shape index (κ1) is 26.2. The maximum atomic E-state index is 6.53. The van der Waals surface area contributed by atoms with Gasteiger partial charge >= 0.3 is 0 Å². The molecule has 0 amide bonds. The second-order valence-electron chi connectivity index (χ2n) is 11.6. The van der Waals surface area contributed by atoms with Gasteiger partial charge in [-0.25, -0.2) is 4.98 Å². The minimum absolute atomic E-state index is 0.625. The Balaban J connectivity index is 1.32. The highest BCUT2D eigenvalue weighted by Gasteiger charge is 2.23. The summed E-state index contributed by atoms with van der Waals surface area (Å²) in [5.74, 6) is 0. The fourth-order valence-corrected chi connectivity index (χ4v) is 6.79. The number of benzene rings is 7. The van der Waals surface area contributed by atoms with Crippen molar-refractivity contribution in [1.29, 1.82) is 0 Å². The smallest absolute Gasteiger partial charge is 0.229 e. The molecule has 9 rings (SSSR count). The molecule has 0 N–H and O–H groups in total. The van der Waals surface area contributed by atoms with Crippen molar-refractivity contribution in [2.24, 2.45) is 0 Å². The zero-order valence-corrected chi connectivity index (χ0v) is 25.0. The molecule has 3 heteroatoms. The molecule has 0 bridgehead atoms. The van der Waals surface area contributed by atoms with Crippen molar-refractivity contribution in [3.8, 4) is 22.3 Å². The Kier molecular flexibility index (Phi) is 6.14. The quantitative estimate of drug-likeness (QED) is 0.200. The van der Waals surface area contributed by atoms with Crippen molar-refractivity contribution >= 4 is 60.7 Å². The fraction of sp³-hybridized carbons (Fsp3) is 0. The average molecular weight is 589 g/mol. The van der Waals surface area contributed by atoms with Crippen LogP contribution in [0.2, 0.25) is 0 Å². The molecule has 0 aliphatic heterocycles. The zero-order valence-electron chi connectivity index (χ0n) is 25.0. The summed E-state index contributed by atoms with van der Waals surface area (Å²) in [5, 5.41) is 6.64. The summed E-state index contributed by atoms with van der Waals surface area (Å²) in [7, 11) is 0. The Hall–Kier alpha value is -6.19. The van der Waals surface area contributed by atoms with Gasteiger partial charge in [-0.1, -0.05) is 133 Å². The number of aromatic nitrogens is 1. The maximum absolute atomic E-state index is 6.53. The molecule has 0 atom stereocenters. The van der Waals surface area contributed by atoms with Gasteiger partial charge in [-0.15, -0.1) is 0 Å². The molecule has 216 valence electrons. The van der Waals surface area contributed by atoms with Crippen LogP contribution in [0.5, 0.6) is 0 Å². The molecular formula is C43H28N2O. The van der Waals surface area contributed by atoms with Crippen molar-refractivity contribution in [3.05, 3.63) is 170 Å². The molecule has 0 saturated heterocycles. The van der Waals surface area contributed by atoms with E-state index in [1.54, 1.807) is 0 Å². The molecule has 0 aliphatic rings. The van der Waals surface area contributed by atoms with E-state index in [1.165, 1.54) is 33.0 Å². The molecule has 0 spiro atoms. The van der Waals surface area contributed by atoms with Crippen molar-refractivity contribution in [2.45, 2.75) is 0 Å². The monoisotopic (exact) mass is 588 g/mol. The number of anilines is 3. The van der Waals surface area contributed by atoms with Gasteiger partial charge in [-0.2, -0.15) is 0 Å². The number of rotatable bonds is 5. The summed E-state index contributed by atoms with van der Waals surface area (Å²) in [6.45, 7) is 0. The SMILES string of the molecule is c1ccc(-c2ccc(N(c3ccc(-c4ccccc4)c4ccccc34)c3ccnc4oc5c6ccccc6ccc5c34)cc2)cc1. The predicted molar refractivity (Wildman–Crippen MR) is 192 cm³/mol. The molecule has 46 heavy (non-hydrogen) atoms. The van der Waals surface area contributed by atoms with Crippen LogP contribution in [0.3, 0.4) is 0 Å². The highest BCUT2D eigenvalue weighted by Crippen LogP contribution is 2.46. The summed E-state index contributed by atoms with van der Waals surface area (Å²) >= 11 is 0. The van der Waals surface area contributed by atoms with Gasteiger partial charge in [-0.05, 0) is 63.4 Å². The first-order valence-corrected chi connectivity index (χ1v) is 15.6. The van der Waals surface area contributed by atoms with Crippen molar-refractivity contribution in [2.75, 3.05) is 4.90 Å². The van der Waals surface area contributed by atoms with Crippen LogP contribution in [0, 0.1) is 0 Å². The van der Waals surface area contributed by atoms with Gasteiger partial charge in [0.15, 0.2) is 0 Å². The first-order valence-electron chi connectivity index (χ1n) is 15.6. The molecule has 2 aromatic heterocycles. The summed E-state index contributed by atoms with van der Waals surface area (Å²) in [5.41, 5.74) is 9.42. The summed E-state index contributed by atoms with van der Waals surface area (Å²) < 4.78 is 6.53. The molecule has 0 unspecified atom stereocenters. The lowest BCUT2D eigenvalue weighted by Crippen LogP contribution is -2.11. The summed E-state index contributed by atoms with van der Waals surface area (Å²) in [4.78, 5) is 7.09. The molecule has 0 radical (unpaired) electrons. The van der Waals surface area contributed by atoms with Crippen LogP contribution in [0.1, 0.15) is 0 Å². The molecule has 0 aliphatic carbocycles. The predicted octanol–water partition coefficient (Wildman–Crippen LogP) is 12.1. The van der Waals surface area contributed by atoms with Crippen LogP contribution in [-0.4, -0.2) is 4.98 Å². The molecule has 3 nitrogen and oxygen atoms in total. The normalized spacial score (nSPS) is 11.5. The molecule has 7 aromatic carbocycles. The first-order chi connectivity index (χ1) is 22.8. The largest absolute Gasteiger partial charge is 0.437 e. The van der Waals surface area contributed by atoms with Gasteiger partial charge in [-0.3, -0.25) is 0 Å². The van der Waals surface area contributed by atoms with Crippen molar-refractivity contribution < 1.29 is 4.42 Å². The van der Waals surface area contributed by atoms with E-state index in [2.05, 4.69) is 169 Å².